The minimum Gasteiger partial charge on any atom is -0.497 e. The Kier molecular flexibility index (Phi) is 3.79. The Labute approximate surface area is 116 Å². The largest absolute Gasteiger partial charge is 0.497 e. The van der Waals surface area contributed by atoms with Crippen molar-refractivity contribution in [3.63, 3.8) is 0 Å². The third-order valence-electron chi connectivity index (χ3n) is 5.04. The van der Waals surface area contributed by atoms with Crippen LogP contribution in [-0.2, 0) is 0 Å². The van der Waals surface area contributed by atoms with Gasteiger partial charge in [-0.2, -0.15) is 0 Å². The van der Waals surface area contributed by atoms with Crippen molar-refractivity contribution in [3.8, 4) is 5.75 Å². The first-order valence-corrected chi connectivity index (χ1v) is 7.66. The highest BCUT2D eigenvalue weighted by Gasteiger charge is 2.33. The molecule has 2 aliphatic rings. The maximum absolute atomic E-state index is 5.21. The number of rotatable bonds is 4. The summed E-state index contributed by atoms with van der Waals surface area (Å²) in [5, 5.41) is 3.86. The van der Waals surface area contributed by atoms with Gasteiger partial charge in [0.15, 0.2) is 0 Å². The molecule has 104 valence electrons. The zero-order valence-electron chi connectivity index (χ0n) is 12.1. The van der Waals surface area contributed by atoms with Gasteiger partial charge in [0.05, 0.1) is 7.11 Å². The molecule has 0 heterocycles. The molecule has 0 bridgehead atoms. The monoisotopic (exact) mass is 259 g/mol. The van der Waals surface area contributed by atoms with Crippen molar-refractivity contribution >= 4 is 0 Å². The van der Waals surface area contributed by atoms with Crippen molar-refractivity contribution in [2.45, 2.75) is 57.0 Å². The molecule has 2 saturated carbocycles. The fraction of sp³-hybridized carbons (Fsp3) is 0.647. The van der Waals surface area contributed by atoms with Crippen molar-refractivity contribution in [3.05, 3.63) is 29.8 Å². The number of ether oxygens (including phenoxy) is 1. The van der Waals surface area contributed by atoms with Crippen molar-refractivity contribution in [1.29, 1.82) is 0 Å². The molecule has 2 aliphatic carbocycles. The predicted octanol–water partition coefficient (Wildman–Crippen LogP) is 3.72. The normalized spacial score (nSPS) is 34.0. The maximum atomic E-state index is 5.21. The summed E-state index contributed by atoms with van der Waals surface area (Å²) >= 11 is 0. The highest BCUT2D eigenvalue weighted by molar-refractivity contribution is 5.31. The lowest BCUT2D eigenvalue weighted by molar-refractivity contribution is 0.247. The van der Waals surface area contributed by atoms with Crippen molar-refractivity contribution in [2.75, 3.05) is 7.11 Å². The average Bonchev–Trinajstić information content (AvgIpc) is 2.79. The first-order chi connectivity index (χ1) is 9.26. The van der Waals surface area contributed by atoms with Crippen LogP contribution in [-0.4, -0.2) is 19.2 Å². The first-order valence-electron chi connectivity index (χ1n) is 7.66. The molecule has 0 aliphatic heterocycles. The molecule has 1 aromatic rings. The SMILES string of the molecule is COc1ccc(C2CC(NC3CCCC3C)C2)cc1. The van der Waals surface area contributed by atoms with Crippen LogP contribution >= 0.6 is 0 Å². The molecule has 2 unspecified atom stereocenters. The third-order valence-corrected chi connectivity index (χ3v) is 5.04. The van der Waals surface area contributed by atoms with Gasteiger partial charge in [-0.1, -0.05) is 25.5 Å². The lowest BCUT2D eigenvalue weighted by Gasteiger charge is -2.39. The smallest absolute Gasteiger partial charge is 0.118 e. The molecular formula is C17H25NO. The summed E-state index contributed by atoms with van der Waals surface area (Å²) in [6, 6.07) is 10.1. The molecule has 0 aromatic heterocycles. The van der Waals surface area contributed by atoms with Gasteiger partial charge in [-0.3, -0.25) is 0 Å². The van der Waals surface area contributed by atoms with E-state index in [2.05, 4.69) is 36.5 Å². The van der Waals surface area contributed by atoms with Gasteiger partial charge < -0.3 is 10.1 Å². The van der Waals surface area contributed by atoms with E-state index >= 15 is 0 Å². The van der Waals surface area contributed by atoms with E-state index in [1.165, 1.54) is 37.7 Å². The summed E-state index contributed by atoms with van der Waals surface area (Å²) in [5.74, 6) is 2.58. The first kappa shape index (κ1) is 13.0. The van der Waals surface area contributed by atoms with E-state index in [0.29, 0.717) is 0 Å². The second-order valence-electron chi connectivity index (χ2n) is 6.32. The van der Waals surface area contributed by atoms with Crippen LogP contribution in [0.4, 0.5) is 0 Å². The quantitative estimate of drug-likeness (QED) is 0.890. The van der Waals surface area contributed by atoms with Crippen LogP contribution in [0.5, 0.6) is 5.75 Å². The average molecular weight is 259 g/mol. The number of hydrogen-bond acceptors (Lipinski definition) is 2. The van der Waals surface area contributed by atoms with Crippen LogP contribution < -0.4 is 10.1 Å². The Morgan fingerprint density at radius 1 is 1.11 bits per heavy atom. The van der Waals surface area contributed by atoms with Gasteiger partial charge in [0.1, 0.15) is 5.75 Å². The lowest BCUT2D eigenvalue weighted by atomic mass is 9.75. The fourth-order valence-corrected chi connectivity index (χ4v) is 3.60. The van der Waals surface area contributed by atoms with Crippen LogP contribution in [0, 0.1) is 5.92 Å². The molecule has 2 fully saturated rings. The summed E-state index contributed by atoms with van der Waals surface area (Å²) in [6.07, 6.45) is 6.80. The van der Waals surface area contributed by atoms with Crippen LogP contribution in [0.2, 0.25) is 0 Å². The molecule has 0 amide bonds. The van der Waals surface area contributed by atoms with Crippen LogP contribution in [0.15, 0.2) is 24.3 Å². The maximum Gasteiger partial charge on any atom is 0.118 e. The van der Waals surface area contributed by atoms with Crippen molar-refractivity contribution < 1.29 is 4.74 Å². The topological polar surface area (TPSA) is 21.3 Å². The summed E-state index contributed by atoms with van der Waals surface area (Å²) < 4.78 is 5.21. The highest BCUT2D eigenvalue weighted by atomic mass is 16.5. The molecule has 0 saturated heterocycles. The second-order valence-corrected chi connectivity index (χ2v) is 6.32. The molecule has 19 heavy (non-hydrogen) atoms. The summed E-state index contributed by atoms with van der Waals surface area (Å²) in [4.78, 5) is 0. The lowest BCUT2D eigenvalue weighted by Crippen LogP contribution is -2.46. The van der Waals surface area contributed by atoms with Crippen molar-refractivity contribution in [2.24, 2.45) is 5.92 Å². The number of benzene rings is 1. The van der Waals surface area contributed by atoms with E-state index in [0.717, 1.165) is 29.7 Å². The van der Waals surface area contributed by atoms with E-state index < -0.39 is 0 Å². The zero-order chi connectivity index (χ0) is 13.2. The van der Waals surface area contributed by atoms with E-state index in [4.69, 9.17) is 4.74 Å². The van der Waals surface area contributed by atoms with Gasteiger partial charge in [0, 0.05) is 12.1 Å². The zero-order valence-corrected chi connectivity index (χ0v) is 12.1. The number of methoxy groups -OCH3 is 1. The van der Waals surface area contributed by atoms with Gasteiger partial charge in [-0.25, -0.2) is 0 Å². The Hall–Kier alpha value is -1.02. The van der Waals surface area contributed by atoms with Crippen LogP contribution in [0.3, 0.4) is 0 Å². The minimum absolute atomic E-state index is 0.748. The van der Waals surface area contributed by atoms with Gasteiger partial charge >= 0.3 is 0 Å². The van der Waals surface area contributed by atoms with E-state index in [-0.39, 0.29) is 0 Å². The molecule has 1 N–H and O–H groups in total. The van der Waals surface area contributed by atoms with E-state index in [1.54, 1.807) is 7.11 Å². The van der Waals surface area contributed by atoms with E-state index in [9.17, 15) is 0 Å². The minimum atomic E-state index is 0.748. The van der Waals surface area contributed by atoms with Crippen molar-refractivity contribution in [1.82, 2.24) is 5.32 Å². The molecule has 2 atom stereocenters. The molecule has 2 heteroatoms. The fourth-order valence-electron chi connectivity index (χ4n) is 3.60. The van der Waals surface area contributed by atoms with Crippen LogP contribution in [0.25, 0.3) is 0 Å². The Morgan fingerprint density at radius 3 is 2.42 bits per heavy atom. The summed E-state index contributed by atoms with van der Waals surface area (Å²) in [6.45, 7) is 2.39. The Balaban J connectivity index is 1.49. The standard InChI is InChI=1S/C17H25NO/c1-12-4-3-5-17(12)18-15-10-14(11-15)13-6-8-16(19-2)9-7-13/h6-9,12,14-15,17-18H,3-5,10-11H2,1-2H3. The van der Waals surface area contributed by atoms with Gasteiger partial charge in [0.25, 0.3) is 0 Å². The third kappa shape index (κ3) is 2.79. The number of nitrogens with one attached hydrogen (secondary N) is 1. The Morgan fingerprint density at radius 2 is 1.84 bits per heavy atom. The molecule has 3 rings (SSSR count). The van der Waals surface area contributed by atoms with Gasteiger partial charge in [-0.15, -0.1) is 0 Å². The predicted molar refractivity (Wildman–Crippen MR) is 78.7 cm³/mol. The highest BCUT2D eigenvalue weighted by Crippen LogP contribution is 2.38. The summed E-state index contributed by atoms with van der Waals surface area (Å²) in [7, 11) is 1.72. The number of hydrogen-bond donors (Lipinski definition) is 1. The van der Waals surface area contributed by atoms with E-state index in [1.807, 2.05) is 0 Å². The summed E-state index contributed by atoms with van der Waals surface area (Å²) in [5.41, 5.74) is 1.47. The molecule has 1 aromatic carbocycles. The molecular weight excluding hydrogens is 234 g/mol. The molecule has 2 nitrogen and oxygen atoms in total. The Bertz CT molecular complexity index is 408. The van der Waals surface area contributed by atoms with Crippen LogP contribution in [0.1, 0.15) is 50.5 Å². The molecule has 0 spiro atoms. The van der Waals surface area contributed by atoms with Gasteiger partial charge in [0.2, 0.25) is 0 Å². The second kappa shape index (κ2) is 5.54. The van der Waals surface area contributed by atoms with Gasteiger partial charge in [-0.05, 0) is 55.2 Å². The molecule has 0 radical (unpaired) electrons.